The summed E-state index contributed by atoms with van der Waals surface area (Å²) in [5.41, 5.74) is 0.711. The molecule has 1 saturated heterocycles. The highest BCUT2D eigenvalue weighted by molar-refractivity contribution is 5.78. The number of ether oxygens (including phenoxy) is 3. The van der Waals surface area contributed by atoms with Crippen molar-refractivity contribution in [3.8, 4) is 0 Å². The molecule has 1 aliphatic rings. The molecule has 0 bridgehead atoms. The van der Waals surface area contributed by atoms with Crippen LogP contribution in [0.5, 0.6) is 0 Å². The van der Waals surface area contributed by atoms with Crippen LogP contribution >= 0.6 is 0 Å². The van der Waals surface area contributed by atoms with Crippen LogP contribution in [0.2, 0.25) is 0 Å². The Balaban J connectivity index is 2.24. The number of carbonyl (C=O) groups is 3. The average Bonchev–Trinajstić information content (AvgIpc) is 2.59. The van der Waals surface area contributed by atoms with Gasteiger partial charge in [0.1, 0.15) is 24.5 Å². The Bertz CT molecular complexity index is 606. The van der Waals surface area contributed by atoms with Gasteiger partial charge in [-0.3, -0.25) is 9.59 Å². The van der Waals surface area contributed by atoms with Gasteiger partial charge in [-0.25, -0.2) is 0 Å². The first-order valence-electron chi connectivity index (χ1n) is 7.82. The summed E-state index contributed by atoms with van der Waals surface area (Å²) < 4.78 is 16.4. The Morgan fingerprint density at radius 3 is 2.56 bits per heavy atom. The molecule has 8 heteroatoms. The minimum absolute atomic E-state index is 0.0758. The Kier molecular flexibility index (Phi) is 6.63. The second-order valence-corrected chi connectivity index (χ2v) is 5.68. The van der Waals surface area contributed by atoms with Crippen molar-refractivity contribution in [1.82, 2.24) is 5.32 Å². The molecule has 8 nitrogen and oxygen atoms in total. The third-order valence-corrected chi connectivity index (χ3v) is 3.65. The standard InChI is InChI=1S/C17H21NO7/c1-10(20)18-13(8-19)15(24-11(2)21)16-14(22)9-23-17(25-16)12-6-4-3-5-7-12/h3-8,13-17,22H,9H2,1-2H3,(H,18,20)/t13-,14-,15-,16-,17?/m1/s1. The molecule has 0 spiro atoms. The highest BCUT2D eigenvalue weighted by atomic mass is 16.7. The molecule has 1 aromatic carbocycles. The molecule has 1 aromatic rings. The summed E-state index contributed by atoms with van der Waals surface area (Å²) in [6.45, 7) is 2.33. The number of rotatable bonds is 6. The van der Waals surface area contributed by atoms with Crippen LogP contribution in [0.15, 0.2) is 30.3 Å². The molecule has 5 atom stereocenters. The molecule has 1 aliphatic heterocycles. The maximum absolute atomic E-state index is 11.4. The molecule has 1 amide bonds. The Morgan fingerprint density at radius 2 is 2.00 bits per heavy atom. The monoisotopic (exact) mass is 351 g/mol. The third-order valence-electron chi connectivity index (χ3n) is 3.65. The van der Waals surface area contributed by atoms with Crippen LogP contribution in [-0.4, -0.2) is 54.2 Å². The van der Waals surface area contributed by atoms with Crippen molar-refractivity contribution in [1.29, 1.82) is 0 Å². The predicted molar refractivity (Wildman–Crippen MR) is 85.2 cm³/mol. The van der Waals surface area contributed by atoms with Gasteiger partial charge in [0, 0.05) is 19.4 Å². The van der Waals surface area contributed by atoms with E-state index >= 15 is 0 Å². The Hall–Kier alpha value is -2.29. The first-order chi connectivity index (χ1) is 11.9. The summed E-state index contributed by atoms with van der Waals surface area (Å²) in [7, 11) is 0. The number of esters is 1. The number of hydrogen-bond acceptors (Lipinski definition) is 7. The third kappa shape index (κ3) is 5.09. The van der Waals surface area contributed by atoms with E-state index < -0.39 is 42.5 Å². The molecule has 0 saturated carbocycles. The van der Waals surface area contributed by atoms with E-state index in [0.29, 0.717) is 11.8 Å². The van der Waals surface area contributed by atoms with Crippen molar-refractivity contribution in [3.05, 3.63) is 35.9 Å². The van der Waals surface area contributed by atoms with Crippen LogP contribution in [0.1, 0.15) is 25.7 Å². The van der Waals surface area contributed by atoms with Gasteiger partial charge in [-0.05, 0) is 0 Å². The van der Waals surface area contributed by atoms with Crippen LogP contribution in [-0.2, 0) is 28.6 Å². The van der Waals surface area contributed by atoms with Gasteiger partial charge in [-0.1, -0.05) is 30.3 Å². The number of hydrogen-bond donors (Lipinski definition) is 2. The van der Waals surface area contributed by atoms with Crippen molar-refractivity contribution < 1.29 is 33.7 Å². The van der Waals surface area contributed by atoms with E-state index in [1.165, 1.54) is 13.8 Å². The number of aldehydes is 1. The summed E-state index contributed by atoms with van der Waals surface area (Å²) in [5.74, 6) is -1.14. The van der Waals surface area contributed by atoms with E-state index in [9.17, 15) is 19.5 Å². The quantitative estimate of drug-likeness (QED) is 0.552. The van der Waals surface area contributed by atoms with Crippen LogP contribution < -0.4 is 5.32 Å². The van der Waals surface area contributed by atoms with E-state index in [-0.39, 0.29) is 6.61 Å². The Labute approximate surface area is 145 Å². The maximum Gasteiger partial charge on any atom is 0.303 e. The predicted octanol–water partition coefficient (Wildman–Crippen LogP) is 0.0968. The second kappa shape index (κ2) is 8.70. The van der Waals surface area contributed by atoms with E-state index in [1.54, 1.807) is 24.3 Å². The van der Waals surface area contributed by atoms with Gasteiger partial charge in [-0.15, -0.1) is 0 Å². The Morgan fingerprint density at radius 1 is 1.32 bits per heavy atom. The lowest BCUT2D eigenvalue weighted by molar-refractivity contribution is -0.278. The maximum atomic E-state index is 11.4. The van der Waals surface area contributed by atoms with Crippen molar-refractivity contribution in [2.75, 3.05) is 6.61 Å². The summed E-state index contributed by atoms with van der Waals surface area (Å²) in [5, 5.41) is 12.6. The molecule has 1 unspecified atom stereocenters. The first kappa shape index (κ1) is 19.0. The topological polar surface area (TPSA) is 111 Å². The fourth-order valence-corrected chi connectivity index (χ4v) is 2.60. The fraction of sp³-hybridized carbons (Fsp3) is 0.471. The second-order valence-electron chi connectivity index (χ2n) is 5.68. The molecule has 0 radical (unpaired) electrons. The van der Waals surface area contributed by atoms with Crippen molar-refractivity contribution in [2.45, 2.75) is 44.5 Å². The largest absolute Gasteiger partial charge is 0.457 e. The van der Waals surface area contributed by atoms with Gasteiger partial charge in [0.2, 0.25) is 5.91 Å². The number of aliphatic hydroxyl groups excluding tert-OH is 1. The fourth-order valence-electron chi connectivity index (χ4n) is 2.60. The van der Waals surface area contributed by atoms with E-state index in [4.69, 9.17) is 14.2 Å². The molecule has 25 heavy (non-hydrogen) atoms. The minimum Gasteiger partial charge on any atom is -0.457 e. The van der Waals surface area contributed by atoms with Crippen LogP contribution in [0.4, 0.5) is 0 Å². The van der Waals surface area contributed by atoms with Gasteiger partial charge in [0.05, 0.1) is 6.61 Å². The first-order valence-corrected chi connectivity index (χ1v) is 7.82. The number of carbonyl (C=O) groups excluding carboxylic acids is 3. The van der Waals surface area contributed by atoms with Crippen LogP contribution in [0.3, 0.4) is 0 Å². The van der Waals surface area contributed by atoms with Crippen molar-refractivity contribution >= 4 is 18.2 Å². The zero-order valence-electron chi connectivity index (χ0n) is 14.0. The van der Waals surface area contributed by atoms with Gasteiger partial charge in [-0.2, -0.15) is 0 Å². The van der Waals surface area contributed by atoms with Gasteiger partial charge < -0.3 is 29.4 Å². The SMILES string of the molecule is CC(=O)N[C@H](C=O)[C@@H](OC(C)=O)[C@@H]1OC(c2ccccc2)OC[C@H]1O. The lowest BCUT2D eigenvalue weighted by Gasteiger charge is -2.39. The zero-order valence-corrected chi connectivity index (χ0v) is 14.0. The van der Waals surface area contributed by atoms with Gasteiger partial charge in [0.25, 0.3) is 0 Å². The normalized spacial score (nSPS) is 25.5. The van der Waals surface area contributed by atoms with E-state index in [2.05, 4.69) is 5.32 Å². The minimum atomic E-state index is -1.19. The highest BCUT2D eigenvalue weighted by Gasteiger charge is 2.43. The molecule has 2 rings (SSSR count). The smallest absolute Gasteiger partial charge is 0.303 e. The molecule has 1 heterocycles. The molecule has 136 valence electrons. The zero-order chi connectivity index (χ0) is 18.4. The number of benzene rings is 1. The van der Waals surface area contributed by atoms with E-state index in [0.717, 1.165) is 0 Å². The van der Waals surface area contributed by atoms with Gasteiger partial charge >= 0.3 is 5.97 Å². The number of aliphatic hydroxyl groups is 1. The summed E-state index contributed by atoms with van der Waals surface area (Å²) in [6, 6.07) is 7.85. The van der Waals surface area contributed by atoms with Crippen LogP contribution in [0, 0.1) is 0 Å². The molecular formula is C17H21NO7. The highest BCUT2D eigenvalue weighted by Crippen LogP contribution is 2.29. The van der Waals surface area contributed by atoms with Crippen molar-refractivity contribution in [3.63, 3.8) is 0 Å². The summed E-state index contributed by atoms with van der Waals surface area (Å²) in [4.78, 5) is 34.1. The lowest BCUT2D eigenvalue weighted by Crippen LogP contribution is -2.57. The number of amides is 1. The summed E-state index contributed by atoms with van der Waals surface area (Å²) in [6.07, 6.45) is -3.73. The molecule has 2 N–H and O–H groups in total. The average molecular weight is 351 g/mol. The van der Waals surface area contributed by atoms with Crippen LogP contribution in [0.25, 0.3) is 0 Å². The molecule has 0 aromatic heterocycles. The number of nitrogens with one attached hydrogen (secondary N) is 1. The van der Waals surface area contributed by atoms with Crippen molar-refractivity contribution in [2.24, 2.45) is 0 Å². The summed E-state index contributed by atoms with van der Waals surface area (Å²) >= 11 is 0. The van der Waals surface area contributed by atoms with Gasteiger partial charge in [0.15, 0.2) is 12.4 Å². The molecular weight excluding hydrogens is 330 g/mol. The van der Waals surface area contributed by atoms with E-state index in [1.807, 2.05) is 6.07 Å². The molecule has 0 aliphatic carbocycles. The molecule has 1 fully saturated rings. The lowest BCUT2D eigenvalue weighted by atomic mass is 10.00.